The molecule has 0 saturated carbocycles. The third-order valence-corrected chi connectivity index (χ3v) is 2.89. The number of ether oxygens (including phenoxy) is 1. The monoisotopic (exact) mass is 235 g/mol. The lowest BCUT2D eigenvalue weighted by atomic mass is 9.87. The average molecular weight is 235 g/mol. The number of rotatable bonds is 5. The maximum Gasteiger partial charge on any atom is 0.120 e. The molecule has 2 heteroatoms. The van der Waals surface area contributed by atoms with Gasteiger partial charge >= 0.3 is 0 Å². The molecule has 1 aromatic rings. The number of likely N-dealkylation sites (N-methyl/N-ethyl adjacent to an activating group) is 1. The van der Waals surface area contributed by atoms with E-state index in [1.165, 1.54) is 5.56 Å². The topological polar surface area (TPSA) is 21.3 Å². The zero-order chi connectivity index (χ0) is 12.9. The Bertz CT molecular complexity index is 341. The van der Waals surface area contributed by atoms with E-state index in [1.807, 2.05) is 13.1 Å². The van der Waals surface area contributed by atoms with Gasteiger partial charge in [0.05, 0.1) is 0 Å². The first kappa shape index (κ1) is 14.0. The van der Waals surface area contributed by atoms with Crippen LogP contribution in [0.15, 0.2) is 24.3 Å². The Morgan fingerprint density at radius 1 is 1.29 bits per heavy atom. The molecule has 0 heterocycles. The van der Waals surface area contributed by atoms with Crippen LogP contribution in [-0.2, 0) is 5.41 Å². The number of benzene rings is 1. The summed E-state index contributed by atoms with van der Waals surface area (Å²) in [6.07, 6.45) is 1.26. The third-order valence-electron chi connectivity index (χ3n) is 2.89. The van der Waals surface area contributed by atoms with Crippen LogP contribution in [0, 0.1) is 0 Å². The molecule has 96 valence electrons. The molecule has 1 atom stereocenters. The normalized spacial score (nSPS) is 13.5. The van der Waals surface area contributed by atoms with Crippen LogP contribution in [0.4, 0.5) is 0 Å². The zero-order valence-corrected chi connectivity index (χ0v) is 11.7. The van der Waals surface area contributed by atoms with Gasteiger partial charge in [-0.25, -0.2) is 0 Å². The predicted octanol–water partition coefficient (Wildman–Crippen LogP) is 3.36. The van der Waals surface area contributed by atoms with Gasteiger partial charge in [0, 0.05) is 6.54 Å². The molecule has 1 N–H and O–H groups in total. The highest BCUT2D eigenvalue weighted by Crippen LogP contribution is 2.26. The lowest BCUT2D eigenvalue weighted by Crippen LogP contribution is -2.28. The molecule has 1 unspecified atom stereocenters. The molecule has 0 bridgehead atoms. The summed E-state index contributed by atoms with van der Waals surface area (Å²) in [5.41, 5.74) is 1.48. The highest BCUT2D eigenvalue weighted by molar-refractivity contribution is 5.32. The van der Waals surface area contributed by atoms with Crippen molar-refractivity contribution in [2.24, 2.45) is 0 Å². The highest BCUT2D eigenvalue weighted by atomic mass is 16.5. The number of nitrogens with one attached hydrogen (secondary N) is 1. The van der Waals surface area contributed by atoms with Crippen molar-refractivity contribution in [1.29, 1.82) is 0 Å². The predicted molar refractivity (Wildman–Crippen MR) is 73.8 cm³/mol. The second-order valence-corrected chi connectivity index (χ2v) is 5.48. The summed E-state index contributed by atoms with van der Waals surface area (Å²) in [4.78, 5) is 0. The van der Waals surface area contributed by atoms with Gasteiger partial charge in [0.1, 0.15) is 11.9 Å². The van der Waals surface area contributed by atoms with Gasteiger partial charge in [-0.15, -0.1) is 0 Å². The molecular weight excluding hydrogens is 210 g/mol. The van der Waals surface area contributed by atoms with Crippen molar-refractivity contribution in [2.45, 2.75) is 45.6 Å². The average Bonchev–Trinajstić information content (AvgIpc) is 2.28. The van der Waals surface area contributed by atoms with Crippen molar-refractivity contribution in [3.05, 3.63) is 29.8 Å². The van der Waals surface area contributed by atoms with E-state index in [4.69, 9.17) is 4.74 Å². The van der Waals surface area contributed by atoms with Gasteiger partial charge in [-0.05, 0) is 36.6 Å². The van der Waals surface area contributed by atoms with Gasteiger partial charge in [0.15, 0.2) is 0 Å². The molecule has 0 amide bonds. The minimum absolute atomic E-state index is 0.171. The van der Waals surface area contributed by atoms with E-state index in [9.17, 15) is 0 Å². The van der Waals surface area contributed by atoms with Crippen LogP contribution in [0.25, 0.3) is 0 Å². The lowest BCUT2D eigenvalue weighted by molar-refractivity contribution is 0.196. The summed E-state index contributed by atoms with van der Waals surface area (Å²) in [5, 5.41) is 3.16. The molecule has 0 aliphatic rings. The molecule has 0 aliphatic carbocycles. The molecule has 1 aromatic carbocycles. The van der Waals surface area contributed by atoms with Crippen molar-refractivity contribution >= 4 is 0 Å². The fourth-order valence-electron chi connectivity index (χ4n) is 1.73. The second-order valence-electron chi connectivity index (χ2n) is 5.48. The van der Waals surface area contributed by atoms with Gasteiger partial charge in [-0.3, -0.25) is 0 Å². The fraction of sp³-hybridized carbons (Fsp3) is 0.600. The molecule has 0 aliphatic heterocycles. The quantitative estimate of drug-likeness (QED) is 0.845. The zero-order valence-electron chi connectivity index (χ0n) is 11.7. The molecule has 17 heavy (non-hydrogen) atoms. The first-order valence-electron chi connectivity index (χ1n) is 6.39. The van der Waals surface area contributed by atoms with Gasteiger partial charge < -0.3 is 10.1 Å². The minimum atomic E-state index is 0.171. The molecule has 0 fully saturated rings. The van der Waals surface area contributed by atoms with Crippen molar-refractivity contribution in [1.82, 2.24) is 5.32 Å². The smallest absolute Gasteiger partial charge is 0.120 e. The maximum atomic E-state index is 5.98. The van der Waals surface area contributed by atoms with Crippen molar-refractivity contribution in [3.8, 4) is 5.75 Å². The summed E-state index contributed by atoms with van der Waals surface area (Å²) in [7, 11) is 1.96. The van der Waals surface area contributed by atoms with Crippen molar-refractivity contribution < 1.29 is 4.74 Å². The SMILES string of the molecule is CCC(CNC)Oc1cccc(C(C)(C)C)c1. The van der Waals surface area contributed by atoms with Gasteiger partial charge in [-0.2, -0.15) is 0 Å². The summed E-state index contributed by atoms with van der Waals surface area (Å²) >= 11 is 0. The molecule has 2 nitrogen and oxygen atoms in total. The lowest BCUT2D eigenvalue weighted by Gasteiger charge is -2.22. The van der Waals surface area contributed by atoms with Crippen molar-refractivity contribution in [2.75, 3.05) is 13.6 Å². The first-order valence-corrected chi connectivity index (χ1v) is 6.39. The van der Waals surface area contributed by atoms with Crippen LogP contribution in [0.5, 0.6) is 5.75 Å². The number of hydrogen-bond donors (Lipinski definition) is 1. The fourth-order valence-corrected chi connectivity index (χ4v) is 1.73. The molecular formula is C15H25NO. The van der Waals surface area contributed by atoms with E-state index < -0.39 is 0 Å². The van der Waals surface area contributed by atoms with Gasteiger partial charge in [0.25, 0.3) is 0 Å². The maximum absolute atomic E-state index is 5.98. The van der Waals surface area contributed by atoms with Gasteiger partial charge in [0.2, 0.25) is 0 Å². The van der Waals surface area contributed by atoms with E-state index in [1.54, 1.807) is 0 Å². The standard InChI is InChI=1S/C15H25NO/c1-6-13(11-16-5)17-14-9-7-8-12(10-14)15(2,3)4/h7-10,13,16H,6,11H2,1-5H3. The molecule has 0 aromatic heterocycles. The Hall–Kier alpha value is -1.02. The van der Waals surface area contributed by atoms with E-state index in [0.29, 0.717) is 0 Å². The molecule has 1 rings (SSSR count). The largest absolute Gasteiger partial charge is 0.489 e. The minimum Gasteiger partial charge on any atom is -0.489 e. The summed E-state index contributed by atoms with van der Waals surface area (Å²) < 4.78 is 5.98. The van der Waals surface area contributed by atoms with E-state index in [0.717, 1.165) is 18.7 Å². The Balaban J connectivity index is 2.78. The van der Waals surface area contributed by atoms with Crippen LogP contribution in [-0.4, -0.2) is 19.7 Å². The molecule has 0 spiro atoms. The van der Waals surface area contributed by atoms with Crippen molar-refractivity contribution in [3.63, 3.8) is 0 Å². The summed E-state index contributed by atoms with van der Waals surface area (Å²) in [6, 6.07) is 8.42. The van der Waals surface area contributed by atoms with Crippen LogP contribution in [0.2, 0.25) is 0 Å². The Morgan fingerprint density at radius 3 is 2.53 bits per heavy atom. The van der Waals surface area contributed by atoms with Crippen LogP contribution >= 0.6 is 0 Å². The van der Waals surface area contributed by atoms with E-state index in [2.05, 4.69) is 51.2 Å². The van der Waals surface area contributed by atoms with E-state index in [-0.39, 0.29) is 11.5 Å². The summed E-state index contributed by atoms with van der Waals surface area (Å²) in [6.45, 7) is 9.69. The second kappa shape index (κ2) is 6.06. The highest BCUT2D eigenvalue weighted by Gasteiger charge is 2.15. The Kier molecular flexibility index (Phi) is 5.01. The molecule has 0 saturated heterocycles. The molecule has 0 radical (unpaired) electrons. The number of hydrogen-bond acceptors (Lipinski definition) is 2. The Morgan fingerprint density at radius 2 is 2.00 bits per heavy atom. The van der Waals surface area contributed by atoms with E-state index >= 15 is 0 Å². The van der Waals surface area contributed by atoms with Crippen LogP contribution in [0.1, 0.15) is 39.7 Å². The third kappa shape index (κ3) is 4.39. The van der Waals surface area contributed by atoms with Gasteiger partial charge in [-0.1, -0.05) is 39.8 Å². The summed E-state index contributed by atoms with van der Waals surface area (Å²) in [5.74, 6) is 0.972. The van der Waals surface area contributed by atoms with Crippen LogP contribution < -0.4 is 10.1 Å². The Labute approximate surface area is 105 Å². The van der Waals surface area contributed by atoms with Crippen LogP contribution in [0.3, 0.4) is 0 Å². The first-order chi connectivity index (χ1) is 7.97.